The van der Waals surface area contributed by atoms with Gasteiger partial charge in [0.05, 0.1) is 18.8 Å². The number of benzene rings is 1. The van der Waals surface area contributed by atoms with Crippen molar-refractivity contribution in [1.82, 2.24) is 0 Å². The van der Waals surface area contributed by atoms with Crippen LogP contribution in [0.25, 0.3) is 0 Å². The highest BCUT2D eigenvalue weighted by atomic mass is 16.6. The molecule has 0 N–H and O–H groups in total. The van der Waals surface area contributed by atoms with Gasteiger partial charge in [-0.15, -0.1) is 0 Å². The highest BCUT2D eigenvalue weighted by Gasteiger charge is 2.73. The van der Waals surface area contributed by atoms with Crippen molar-refractivity contribution in [2.75, 3.05) is 7.11 Å². The van der Waals surface area contributed by atoms with Gasteiger partial charge in [-0.3, -0.25) is 0 Å². The van der Waals surface area contributed by atoms with Gasteiger partial charge in [-0.1, -0.05) is 43.3 Å². The Morgan fingerprint density at radius 3 is 2.82 bits per heavy atom. The Morgan fingerprint density at radius 1 is 1.32 bits per heavy atom. The van der Waals surface area contributed by atoms with Gasteiger partial charge in [-0.05, 0) is 42.6 Å². The van der Waals surface area contributed by atoms with E-state index in [1.807, 2.05) is 6.07 Å². The van der Waals surface area contributed by atoms with Crippen molar-refractivity contribution in [2.24, 2.45) is 17.8 Å². The molecule has 1 aromatic rings. The zero-order chi connectivity index (χ0) is 15.3. The fourth-order valence-electron chi connectivity index (χ4n) is 4.70. The zero-order valence-electron chi connectivity index (χ0n) is 13.1. The normalized spacial score (nSPS) is 38.7. The van der Waals surface area contributed by atoms with Gasteiger partial charge in [0.2, 0.25) is 0 Å². The molecule has 0 radical (unpaired) electrons. The Balaban J connectivity index is 1.59. The highest BCUT2D eigenvalue weighted by molar-refractivity contribution is 5.92. The fourth-order valence-corrected chi connectivity index (χ4v) is 4.70. The third kappa shape index (κ3) is 1.95. The van der Waals surface area contributed by atoms with E-state index >= 15 is 0 Å². The summed E-state index contributed by atoms with van der Waals surface area (Å²) in [7, 11) is 1.46. The largest absolute Gasteiger partial charge is 0.466 e. The number of hydrogen-bond donors (Lipinski definition) is 0. The summed E-state index contributed by atoms with van der Waals surface area (Å²) in [6, 6.07) is 10.6. The molecule has 116 valence electrons. The SMILES string of the molecule is COC(=O)C1=CC(C)CC2CC(Cc3ccccc3)C3OC123. The highest BCUT2D eigenvalue weighted by Crippen LogP contribution is 2.64. The minimum Gasteiger partial charge on any atom is -0.466 e. The number of esters is 1. The van der Waals surface area contributed by atoms with E-state index in [-0.39, 0.29) is 17.7 Å². The van der Waals surface area contributed by atoms with Crippen LogP contribution in [0.15, 0.2) is 42.0 Å². The van der Waals surface area contributed by atoms with Crippen LogP contribution in [0, 0.1) is 17.8 Å². The molecule has 1 aliphatic heterocycles. The van der Waals surface area contributed by atoms with E-state index in [4.69, 9.17) is 9.47 Å². The number of allylic oxidation sites excluding steroid dienone is 1. The van der Waals surface area contributed by atoms with E-state index in [1.165, 1.54) is 12.7 Å². The average molecular weight is 298 g/mol. The van der Waals surface area contributed by atoms with E-state index in [1.54, 1.807) is 0 Å². The molecule has 1 aromatic carbocycles. The van der Waals surface area contributed by atoms with E-state index in [0.29, 0.717) is 17.8 Å². The molecule has 1 saturated carbocycles. The smallest absolute Gasteiger partial charge is 0.336 e. The molecule has 3 heteroatoms. The van der Waals surface area contributed by atoms with Crippen LogP contribution in [0.4, 0.5) is 0 Å². The molecule has 5 atom stereocenters. The third-order valence-corrected chi connectivity index (χ3v) is 5.58. The lowest BCUT2D eigenvalue weighted by molar-refractivity contribution is -0.137. The summed E-state index contributed by atoms with van der Waals surface area (Å²) in [4.78, 5) is 12.2. The summed E-state index contributed by atoms with van der Waals surface area (Å²) in [6.45, 7) is 2.18. The summed E-state index contributed by atoms with van der Waals surface area (Å²) in [5, 5.41) is 0. The van der Waals surface area contributed by atoms with Gasteiger partial charge < -0.3 is 9.47 Å². The Labute approximate surface area is 131 Å². The Kier molecular flexibility index (Phi) is 3.15. The molecular weight excluding hydrogens is 276 g/mol. The zero-order valence-corrected chi connectivity index (χ0v) is 13.1. The monoisotopic (exact) mass is 298 g/mol. The lowest BCUT2D eigenvalue weighted by Gasteiger charge is -2.29. The van der Waals surface area contributed by atoms with Gasteiger partial charge in [-0.25, -0.2) is 4.79 Å². The van der Waals surface area contributed by atoms with E-state index in [2.05, 4.69) is 37.3 Å². The molecule has 5 unspecified atom stereocenters. The van der Waals surface area contributed by atoms with Crippen LogP contribution in [0.2, 0.25) is 0 Å². The topological polar surface area (TPSA) is 38.8 Å². The first-order chi connectivity index (χ1) is 10.6. The van der Waals surface area contributed by atoms with Gasteiger partial charge >= 0.3 is 5.97 Å². The molecule has 4 rings (SSSR count). The second-order valence-electron chi connectivity index (χ2n) is 7.00. The first-order valence-electron chi connectivity index (χ1n) is 8.17. The summed E-state index contributed by atoms with van der Waals surface area (Å²) in [5.74, 6) is 1.18. The van der Waals surface area contributed by atoms with Crippen LogP contribution in [0.1, 0.15) is 25.3 Å². The minimum absolute atomic E-state index is 0.190. The molecule has 0 bridgehead atoms. The van der Waals surface area contributed by atoms with Gasteiger partial charge in [0, 0.05) is 0 Å². The summed E-state index contributed by atoms with van der Waals surface area (Å²) in [5.41, 5.74) is 1.80. The number of epoxide rings is 1. The maximum absolute atomic E-state index is 12.2. The number of hydrogen-bond acceptors (Lipinski definition) is 3. The van der Waals surface area contributed by atoms with E-state index in [9.17, 15) is 4.79 Å². The second-order valence-corrected chi connectivity index (χ2v) is 7.00. The predicted molar refractivity (Wildman–Crippen MR) is 83.2 cm³/mol. The molecule has 0 amide bonds. The van der Waals surface area contributed by atoms with Gasteiger partial charge in [0.1, 0.15) is 5.60 Å². The van der Waals surface area contributed by atoms with Crippen LogP contribution < -0.4 is 0 Å². The van der Waals surface area contributed by atoms with Crippen LogP contribution in [0.3, 0.4) is 0 Å². The summed E-state index contributed by atoms with van der Waals surface area (Å²) < 4.78 is 11.1. The van der Waals surface area contributed by atoms with Gasteiger partial charge in [0.25, 0.3) is 0 Å². The summed E-state index contributed by atoms with van der Waals surface area (Å²) >= 11 is 0. The number of ether oxygens (including phenoxy) is 2. The quantitative estimate of drug-likeness (QED) is 0.635. The lowest BCUT2D eigenvalue weighted by Crippen LogP contribution is -2.34. The average Bonchev–Trinajstić information content (AvgIpc) is 3.20. The second kappa shape index (κ2) is 4.95. The Bertz CT molecular complexity index is 621. The van der Waals surface area contributed by atoms with Crippen LogP contribution >= 0.6 is 0 Å². The Morgan fingerprint density at radius 2 is 2.09 bits per heavy atom. The third-order valence-electron chi connectivity index (χ3n) is 5.58. The van der Waals surface area contributed by atoms with Crippen molar-refractivity contribution >= 4 is 5.97 Å². The number of methoxy groups -OCH3 is 1. The van der Waals surface area contributed by atoms with Crippen molar-refractivity contribution in [1.29, 1.82) is 0 Å². The molecule has 2 fully saturated rings. The molecule has 3 aliphatic rings. The minimum atomic E-state index is -0.334. The van der Waals surface area contributed by atoms with Crippen molar-refractivity contribution in [3.05, 3.63) is 47.5 Å². The van der Waals surface area contributed by atoms with E-state index < -0.39 is 0 Å². The van der Waals surface area contributed by atoms with E-state index in [0.717, 1.165) is 24.8 Å². The first kappa shape index (κ1) is 14.0. The van der Waals surface area contributed by atoms with Crippen LogP contribution in [-0.4, -0.2) is 24.8 Å². The number of carbonyl (C=O) groups excluding carboxylic acids is 1. The van der Waals surface area contributed by atoms with Crippen molar-refractivity contribution in [3.63, 3.8) is 0 Å². The van der Waals surface area contributed by atoms with Crippen LogP contribution in [-0.2, 0) is 20.7 Å². The molecule has 1 heterocycles. The molecule has 0 aromatic heterocycles. The Hall–Kier alpha value is -1.61. The standard InChI is InChI=1S/C19H22O3/c1-12-8-15-11-14(10-13-6-4-3-5-7-13)17-19(15,22-17)16(9-12)18(20)21-2/h3-7,9,12,14-15,17H,8,10-11H2,1-2H3. The summed E-state index contributed by atoms with van der Waals surface area (Å²) in [6.07, 6.45) is 5.57. The molecular formula is C19H22O3. The van der Waals surface area contributed by atoms with Gasteiger partial charge in [0.15, 0.2) is 0 Å². The lowest BCUT2D eigenvalue weighted by atomic mass is 9.75. The first-order valence-corrected chi connectivity index (χ1v) is 8.17. The number of carbonyl (C=O) groups is 1. The van der Waals surface area contributed by atoms with Crippen molar-refractivity contribution in [2.45, 2.75) is 37.9 Å². The molecule has 1 saturated heterocycles. The van der Waals surface area contributed by atoms with Crippen molar-refractivity contribution in [3.8, 4) is 0 Å². The van der Waals surface area contributed by atoms with Crippen LogP contribution in [0.5, 0.6) is 0 Å². The van der Waals surface area contributed by atoms with Gasteiger partial charge in [-0.2, -0.15) is 0 Å². The molecule has 3 nitrogen and oxygen atoms in total. The maximum atomic E-state index is 12.2. The molecule has 22 heavy (non-hydrogen) atoms. The fraction of sp³-hybridized carbons (Fsp3) is 0.526. The number of rotatable bonds is 3. The van der Waals surface area contributed by atoms with Crippen molar-refractivity contribution < 1.29 is 14.3 Å². The predicted octanol–water partition coefficient (Wildman–Crippen LogP) is 3.14. The maximum Gasteiger partial charge on any atom is 0.336 e. The molecule has 2 aliphatic carbocycles. The molecule has 1 spiro atoms.